The third-order valence-electron chi connectivity index (χ3n) is 3.13. The van der Waals surface area contributed by atoms with Gasteiger partial charge in [-0.1, -0.05) is 44.0 Å². The molecule has 0 saturated carbocycles. The summed E-state index contributed by atoms with van der Waals surface area (Å²) in [6, 6.07) is 12.6. The third-order valence-corrected chi connectivity index (χ3v) is 4.84. The van der Waals surface area contributed by atoms with E-state index in [4.69, 9.17) is 0 Å². The summed E-state index contributed by atoms with van der Waals surface area (Å²) in [6.45, 7) is 5.93. The zero-order valence-electron chi connectivity index (χ0n) is 11.6. The molecular formula is C16H18Br2N2. The Hall–Kier alpha value is -1.000. The molecule has 106 valence electrons. The maximum absolute atomic E-state index is 3.55. The first kappa shape index (κ1) is 15.4. The summed E-state index contributed by atoms with van der Waals surface area (Å²) in [6.07, 6.45) is 0. The molecule has 2 N–H and O–H groups in total. The molecule has 0 fully saturated rings. The highest BCUT2D eigenvalue weighted by Crippen LogP contribution is 2.21. The average Bonchev–Trinajstić information content (AvgIpc) is 2.42. The fourth-order valence-corrected chi connectivity index (χ4v) is 2.58. The Balaban J connectivity index is 1.81. The van der Waals surface area contributed by atoms with Crippen molar-refractivity contribution in [3.8, 4) is 0 Å². The largest absolute Gasteiger partial charge is 0.383 e. The molecule has 0 bridgehead atoms. The number of rotatable bonds is 5. The smallest absolute Gasteiger partial charge is 0.0352 e. The van der Waals surface area contributed by atoms with Crippen LogP contribution in [0.3, 0.4) is 0 Å². The molecule has 2 nitrogen and oxygen atoms in total. The molecule has 2 rings (SSSR count). The molecule has 0 aliphatic heterocycles. The van der Waals surface area contributed by atoms with Crippen LogP contribution in [-0.4, -0.2) is 13.1 Å². The average molecular weight is 398 g/mol. The lowest BCUT2D eigenvalue weighted by Crippen LogP contribution is -2.13. The molecule has 0 saturated heterocycles. The van der Waals surface area contributed by atoms with Gasteiger partial charge in [0.2, 0.25) is 0 Å². The van der Waals surface area contributed by atoms with Crippen LogP contribution in [0.1, 0.15) is 11.1 Å². The maximum atomic E-state index is 3.55. The minimum Gasteiger partial charge on any atom is -0.383 e. The van der Waals surface area contributed by atoms with Gasteiger partial charge in [-0.3, -0.25) is 0 Å². The number of aryl methyl sites for hydroxylation is 2. The minimum atomic E-state index is 0.876. The summed E-state index contributed by atoms with van der Waals surface area (Å²) in [5, 5.41) is 6.81. The maximum Gasteiger partial charge on any atom is 0.0352 e. The van der Waals surface area contributed by atoms with Crippen LogP contribution in [0.5, 0.6) is 0 Å². The van der Waals surface area contributed by atoms with E-state index in [1.54, 1.807) is 0 Å². The Kier molecular flexibility index (Phi) is 5.49. The van der Waals surface area contributed by atoms with Crippen molar-refractivity contribution in [2.45, 2.75) is 13.8 Å². The summed E-state index contributed by atoms with van der Waals surface area (Å²) < 4.78 is 2.27. The van der Waals surface area contributed by atoms with Crippen LogP contribution in [0.2, 0.25) is 0 Å². The molecule has 0 spiro atoms. The molecule has 20 heavy (non-hydrogen) atoms. The zero-order valence-corrected chi connectivity index (χ0v) is 14.8. The molecule has 0 radical (unpaired) electrons. The van der Waals surface area contributed by atoms with Crippen LogP contribution in [0.15, 0.2) is 45.3 Å². The van der Waals surface area contributed by atoms with Crippen molar-refractivity contribution in [1.82, 2.24) is 0 Å². The fourth-order valence-electron chi connectivity index (χ4n) is 1.82. The van der Waals surface area contributed by atoms with Crippen LogP contribution >= 0.6 is 31.9 Å². The van der Waals surface area contributed by atoms with Crippen molar-refractivity contribution in [2.24, 2.45) is 0 Å². The Morgan fingerprint density at radius 2 is 1.15 bits per heavy atom. The normalized spacial score (nSPS) is 10.4. The molecule has 2 aromatic carbocycles. The fraction of sp³-hybridized carbons (Fsp3) is 0.250. The Morgan fingerprint density at radius 3 is 1.50 bits per heavy atom. The van der Waals surface area contributed by atoms with Gasteiger partial charge in [0.15, 0.2) is 0 Å². The SMILES string of the molecule is Cc1ccc(NCCNc2ccc(C)c(Br)c2)cc1Br. The van der Waals surface area contributed by atoms with Crippen LogP contribution in [-0.2, 0) is 0 Å². The van der Waals surface area contributed by atoms with Crippen molar-refractivity contribution in [3.05, 3.63) is 56.5 Å². The highest BCUT2D eigenvalue weighted by Gasteiger charge is 1.98. The number of halogens is 2. The van der Waals surface area contributed by atoms with Crippen LogP contribution in [0.4, 0.5) is 11.4 Å². The second-order valence-corrected chi connectivity index (χ2v) is 6.49. The van der Waals surface area contributed by atoms with Crippen molar-refractivity contribution >= 4 is 43.2 Å². The molecule has 0 atom stereocenters. The van der Waals surface area contributed by atoms with Crippen LogP contribution in [0, 0.1) is 13.8 Å². The summed E-state index contributed by atoms with van der Waals surface area (Å²) >= 11 is 7.09. The van der Waals surface area contributed by atoms with Crippen LogP contribution < -0.4 is 10.6 Å². The van der Waals surface area contributed by atoms with Gasteiger partial charge in [-0.15, -0.1) is 0 Å². The van der Waals surface area contributed by atoms with E-state index in [9.17, 15) is 0 Å². The van der Waals surface area contributed by atoms with Gasteiger partial charge in [-0.05, 0) is 49.2 Å². The van der Waals surface area contributed by atoms with Gasteiger partial charge in [-0.2, -0.15) is 0 Å². The first-order chi connectivity index (χ1) is 9.56. The molecule has 2 aromatic rings. The predicted octanol–water partition coefficient (Wildman–Crippen LogP) is 5.35. The van der Waals surface area contributed by atoms with Crippen molar-refractivity contribution in [3.63, 3.8) is 0 Å². The predicted molar refractivity (Wildman–Crippen MR) is 94.7 cm³/mol. The Bertz CT molecular complexity index is 544. The second-order valence-electron chi connectivity index (χ2n) is 4.78. The van der Waals surface area contributed by atoms with Crippen LogP contribution in [0.25, 0.3) is 0 Å². The van der Waals surface area contributed by atoms with E-state index in [1.807, 2.05) is 0 Å². The van der Waals surface area contributed by atoms with E-state index in [0.29, 0.717) is 0 Å². The summed E-state index contributed by atoms with van der Waals surface area (Å²) in [4.78, 5) is 0. The molecule has 0 unspecified atom stereocenters. The van der Waals surface area contributed by atoms with E-state index in [1.165, 1.54) is 11.1 Å². The first-order valence-electron chi connectivity index (χ1n) is 6.56. The molecule has 0 aliphatic rings. The number of hydrogen-bond donors (Lipinski definition) is 2. The van der Waals surface area contributed by atoms with Gasteiger partial charge < -0.3 is 10.6 Å². The number of anilines is 2. The zero-order chi connectivity index (χ0) is 14.5. The van der Waals surface area contributed by atoms with Crippen molar-refractivity contribution in [2.75, 3.05) is 23.7 Å². The minimum absolute atomic E-state index is 0.876. The van der Waals surface area contributed by atoms with Gasteiger partial charge in [0.25, 0.3) is 0 Å². The van der Waals surface area contributed by atoms with Gasteiger partial charge in [-0.25, -0.2) is 0 Å². The molecule has 4 heteroatoms. The second kappa shape index (κ2) is 7.14. The van der Waals surface area contributed by atoms with Gasteiger partial charge >= 0.3 is 0 Å². The molecule has 0 heterocycles. The van der Waals surface area contributed by atoms with E-state index in [-0.39, 0.29) is 0 Å². The standard InChI is InChI=1S/C16H18Br2N2/c1-11-3-5-13(9-15(11)17)19-7-8-20-14-6-4-12(2)16(18)10-14/h3-6,9-10,19-20H,7-8H2,1-2H3. The number of hydrogen-bond acceptors (Lipinski definition) is 2. The van der Waals surface area contributed by atoms with E-state index in [0.717, 1.165) is 33.4 Å². The summed E-state index contributed by atoms with van der Waals surface area (Å²) in [5.41, 5.74) is 4.76. The Labute approximate surface area is 137 Å². The Morgan fingerprint density at radius 1 is 0.750 bits per heavy atom. The van der Waals surface area contributed by atoms with E-state index in [2.05, 4.69) is 92.7 Å². The van der Waals surface area contributed by atoms with E-state index < -0.39 is 0 Å². The molecule has 0 amide bonds. The van der Waals surface area contributed by atoms with Gasteiger partial charge in [0.1, 0.15) is 0 Å². The van der Waals surface area contributed by atoms with Crippen molar-refractivity contribution < 1.29 is 0 Å². The number of benzene rings is 2. The monoisotopic (exact) mass is 396 g/mol. The van der Waals surface area contributed by atoms with Crippen molar-refractivity contribution in [1.29, 1.82) is 0 Å². The lowest BCUT2D eigenvalue weighted by Gasteiger charge is -2.10. The first-order valence-corrected chi connectivity index (χ1v) is 8.15. The highest BCUT2D eigenvalue weighted by molar-refractivity contribution is 9.10. The summed E-state index contributed by atoms with van der Waals surface area (Å²) in [5.74, 6) is 0. The quantitative estimate of drug-likeness (QED) is 0.664. The lowest BCUT2D eigenvalue weighted by atomic mass is 10.2. The van der Waals surface area contributed by atoms with E-state index >= 15 is 0 Å². The third kappa shape index (κ3) is 4.25. The molecule has 0 aromatic heterocycles. The van der Waals surface area contributed by atoms with Gasteiger partial charge in [0, 0.05) is 33.4 Å². The molecule has 0 aliphatic carbocycles. The number of nitrogens with one attached hydrogen (secondary N) is 2. The highest BCUT2D eigenvalue weighted by atomic mass is 79.9. The van der Waals surface area contributed by atoms with Gasteiger partial charge in [0.05, 0.1) is 0 Å². The topological polar surface area (TPSA) is 24.1 Å². The lowest BCUT2D eigenvalue weighted by molar-refractivity contribution is 1.08. The molecular weight excluding hydrogens is 380 g/mol. The summed E-state index contributed by atoms with van der Waals surface area (Å²) in [7, 11) is 0.